The number of likely N-dealkylation sites (N-methyl/N-ethyl adjacent to an activating group) is 1. The minimum Gasteiger partial charge on any atom is -1.00 e. The van der Waals surface area contributed by atoms with Crippen LogP contribution in [0.25, 0.3) is 0 Å². The highest BCUT2D eigenvalue weighted by Gasteiger charge is 2.19. The SMILES string of the molecule is C[N+](C)(CCCNC=O)CC(=O)Nc1ccc(N)cc1.[Cl-]. The van der Waals surface area contributed by atoms with Crippen molar-refractivity contribution in [2.24, 2.45) is 0 Å². The summed E-state index contributed by atoms with van der Waals surface area (Å²) in [5.41, 5.74) is 7.00. The van der Waals surface area contributed by atoms with E-state index >= 15 is 0 Å². The van der Waals surface area contributed by atoms with Gasteiger partial charge in [0.25, 0.3) is 5.91 Å². The molecule has 0 bridgehead atoms. The molecule has 0 aliphatic carbocycles. The number of rotatable bonds is 8. The Morgan fingerprint density at radius 3 is 2.48 bits per heavy atom. The quantitative estimate of drug-likeness (QED) is 0.213. The summed E-state index contributed by atoms with van der Waals surface area (Å²) in [6, 6.07) is 7.06. The normalized spacial score (nSPS) is 10.4. The molecule has 21 heavy (non-hydrogen) atoms. The average Bonchev–Trinajstić information content (AvgIpc) is 2.37. The Morgan fingerprint density at radius 2 is 1.90 bits per heavy atom. The number of nitrogens with two attached hydrogens (primary N) is 1. The number of hydrogen-bond donors (Lipinski definition) is 3. The van der Waals surface area contributed by atoms with Crippen LogP contribution in [0.1, 0.15) is 6.42 Å². The highest BCUT2D eigenvalue weighted by atomic mass is 35.5. The fourth-order valence-electron chi connectivity index (χ4n) is 1.90. The van der Waals surface area contributed by atoms with E-state index in [1.165, 1.54) is 0 Å². The Labute approximate surface area is 131 Å². The molecule has 0 aliphatic rings. The number of anilines is 2. The maximum atomic E-state index is 12.0. The number of nitrogens with zero attached hydrogens (tertiary/aromatic N) is 1. The number of hydrogen-bond acceptors (Lipinski definition) is 3. The van der Waals surface area contributed by atoms with E-state index in [0.29, 0.717) is 29.7 Å². The van der Waals surface area contributed by atoms with Crippen molar-refractivity contribution in [3.8, 4) is 0 Å². The summed E-state index contributed by atoms with van der Waals surface area (Å²) < 4.78 is 0.571. The lowest BCUT2D eigenvalue weighted by Gasteiger charge is -2.29. The molecule has 7 heteroatoms. The van der Waals surface area contributed by atoms with Gasteiger partial charge in [0.15, 0.2) is 6.54 Å². The summed E-state index contributed by atoms with van der Waals surface area (Å²) in [6.07, 6.45) is 1.52. The van der Waals surface area contributed by atoms with Gasteiger partial charge < -0.3 is 33.3 Å². The maximum Gasteiger partial charge on any atom is 0.279 e. The summed E-state index contributed by atoms with van der Waals surface area (Å²) >= 11 is 0. The Hall–Kier alpha value is -1.79. The molecule has 0 saturated heterocycles. The van der Waals surface area contributed by atoms with Crippen LogP contribution in [0.5, 0.6) is 0 Å². The van der Waals surface area contributed by atoms with Crippen molar-refractivity contribution < 1.29 is 26.5 Å². The zero-order chi connectivity index (χ0) is 15.0. The topological polar surface area (TPSA) is 84.2 Å². The fourth-order valence-corrected chi connectivity index (χ4v) is 1.90. The molecule has 0 heterocycles. The number of nitrogens with one attached hydrogen (secondary N) is 2. The largest absolute Gasteiger partial charge is 1.00 e. The van der Waals surface area contributed by atoms with E-state index in [4.69, 9.17) is 5.73 Å². The molecule has 6 nitrogen and oxygen atoms in total. The lowest BCUT2D eigenvalue weighted by atomic mass is 10.3. The smallest absolute Gasteiger partial charge is 0.279 e. The van der Waals surface area contributed by atoms with Gasteiger partial charge in [0.1, 0.15) is 0 Å². The van der Waals surface area contributed by atoms with Crippen molar-refractivity contribution in [3.05, 3.63) is 24.3 Å². The van der Waals surface area contributed by atoms with Gasteiger partial charge in [-0.15, -0.1) is 0 Å². The zero-order valence-electron chi connectivity index (χ0n) is 12.4. The van der Waals surface area contributed by atoms with Gasteiger partial charge in [-0.3, -0.25) is 9.59 Å². The molecule has 0 atom stereocenters. The lowest BCUT2D eigenvalue weighted by molar-refractivity contribution is -0.882. The Balaban J connectivity index is 0.00000400. The summed E-state index contributed by atoms with van der Waals surface area (Å²) in [6.45, 7) is 1.83. The predicted molar refractivity (Wildman–Crippen MR) is 80.0 cm³/mol. The van der Waals surface area contributed by atoms with Crippen LogP contribution < -0.4 is 28.8 Å². The van der Waals surface area contributed by atoms with E-state index in [1.54, 1.807) is 24.3 Å². The molecule has 0 aromatic heterocycles. The van der Waals surface area contributed by atoms with E-state index in [2.05, 4.69) is 10.6 Å². The lowest BCUT2D eigenvalue weighted by Crippen LogP contribution is -3.00. The second-order valence-electron chi connectivity index (χ2n) is 5.41. The molecular formula is C14H23ClN4O2. The molecule has 4 N–H and O–H groups in total. The summed E-state index contributed by atoms with van der Waals surface area (Å²) in [5.74, 6) is -0.0388. The first kappa shape index (κ1) is 19.2. The van der Waals surface area contributed by atoms with Crippen LogP contribution in [-0.2, 0) is 9.59 Å². The first-order valence-electron chi connectivity index (χ1n) is 6.57. The monoisotopic (exact) mass is 314 g/mol. The number of carbonyl (C=O) groups is 2. The van der Waals surface area contributed by atoms with Crippen molar-refractivity contribution in [1.82, 2.24) is 5.32 Å². The second-order valence-corrected chi connectivity index (χ2v) is 5.41. The molecule has 0 spiro atoms. The van der Waals surface area contributed by atoms with E-state index in [1.807, 2.05) is 14.1 Å². The molecule has 2 amide bonds. The van der Waals surface area contributed by atoms with Crippen molar-refractivity contribution >= 4 is 23.7 Å². The Morgan fingerprint density at radius 1 is 1.29 bits per heavy atom. The third kappa shape index (κ3) is 8.16. The number of quaternary nitrogens is 1. The van der Waals surface area contributed by atoms with E-state index in [-0.39, 0.29) is 18.3 Å². The van der Waals surface area contributed by atoms with E-state index < -0.39 is 0 Å². The minimum absolute atomic E-state index is 0. The van der Waals surface area contributed by atoms with E-state index in [9.17, 15) is 9.59 Å². The number of carbonyl (C=O) groups excluding carboxylic acids is 2. The van der Waals surface area contributed by atoms with Crippen LogP contribution in [0.3, 0.4) is 0 Å². The third-order valence-corrected chi connectivity index (χ3v) is 2.93. The van der Waals surface area contributed by atoms with Crippen LogP contribution in [0.15, 0.2) is 24.3 Å². The van der Waals surface area contributed by atoms with Crippen molar-refractivity contribution in [2.45, 2.75) is 6.42 Å². The summed E-state index contributed by atoms with van der Waals surface area (Å²) in [4.78, 5) is 22.1. The number of amides is 2. The molecule has 1 rings (SSSR count). The number of benzene rings is 1. The summed E-state index contributed by atoms with van der Waals surface area (Å²) in [5, 5.41) is 5.46. The first-order chi connectivity index (χ1) is 9.43. The second kappa shape index (κ2) is 9.20. The van der Waals surface area contributed by atoms with Gasteiger partial charge in [-0.25, -0.2) is 0 Å². The Kier molecular flexibility index (Phi) is 8.42. The standard InChI is InChI=1S/C14H22N4O2.ClH/c1-18(2,9-3-8-16-11-19)10-14(20)17-13-6-4-12(15)5-7-13;/h4-7,11H,3,8-10,15H2,1-2H3,(H-,16,17,19,20);1H. The van der Waals surface area contributed by atoms with Gasteiger partial charge in [-0.2, -0.15) is 0 Å². The van der Waals surface area contributed by atoms with Gasteiger partial charge in [-0.05, 0) is 24.3 Å². The highest BCUT2D eigenvalue weighted by molar-refractivity contribution is 5.91. The fraction of sp³-hybridized carbons (Fsp3) is 0.429. The van der Waals surface area contributed by atoms with Gasteiger partial charge in [0.05, 0.1) is 20.6 Å². The van der Waals surface area contributed by atoms with Crippen LogP contribution >= 0.6 is 0 Å². The van der Waals surface area contributed by atoms with Crippen molar-refractivity contribution in [2.75, 3.05) is 44.8 Å². The molecule has 1 aromatic carbocycles. The molecule has 0 fully saturated rings. The summed E-state index contributed by atoms with van der Waals surface area (Å²) in [7, 11) is 3.98. The molecule has 0 aliphatic heterocycles. The predicted octanol–water partition coefficient (Wildman–Crippen LogP) is -2.58. The first-order valence-corrected chi connectivity index (χ1v) is 6.57. The van der Waals surface area contributed by atoms with Crippen LogP contribution in [0.4, 0.5) is 11.4 Å². The van der Waals surface area contributed by atoms with Crippen LogP contribution in [0, 0.1) is 0 Å². The molecule has 1 aromatic rings. The van der Waals surface area contributed by atoms with Crippen molar-refractivity contribution in [3.63, 3.8) is 0 Å². The zero-order valence-corrected chi connectivity index (χ0v) is 13.2. The molecule has 0 unspecified atom stereocenters. The van der Waals surface area contributed by atoms with Gasteiger partial charge in [-0.1, -0.05) is 0 Å². The van der Waals surface area contributed by atoms with Crippen LogP contribution in [-0.4, -0.2) is 50.5 Å². The Bertz CT molecular complexity index is 449. The van der Waals surface area contributed by atoms with E-state index in [0.717, 1.165) is 18.7 Å². The molecule has 0 radical (unpaired) electrons. The third-order valence-electron chi connectivity index (χ3n) is 2.93. The molecule has 118 valence electrons. The number of nitrogen functional groups attached to an aromatic ring is 1. The number of halogens is 1. The average molecular weight is 315 g/mol. The van der Waals surface area contributed by atoms with Crippen LogP contribution in [0.2, 0.25) is 0 Å². The molecular weight excluding hydrogens is 292 g/mol. The molecule has 0 saturated carbocycles. The highest BCUT2D eigenvalue weighted by Crippen LogP contribution is 2.10. The van der Waals surface area contributed by atoms with Gasteiger partial charge in [0.2, 0.25) is 6.41 Å². The minimum atomic E-state index is -0.0388. The van der Waals surface area contributed by atoms with Crippen molar-refractivity contribution in [1.29, 1.82) is 0 Å². The van der Waals surface area contributed by atoms with Gasteiger partial charge >= 0.3 is 0 Å². The van der Waals surface area contributed by atoms with Gasteiger partial charge in [0, 0.05) is 24.3 Å². The maximum absolute atomic E-state index is 12.0.